The fraction of sp³-hybridized carbons (Fsp3) is 0.176. The molecule has 0 unspecified atom stereocenters. The molecule has 1 amide bonds. The summed E-state index contributed by atoms with van der Waals surface area (Å²) in [6, 6.07) is 8.39. The van der Waals surface area contributed by atoms with Crippen molar-refractivity contribution in [2.45, 2.75) is 19.3 Å². The summed E-state index contributed by atoms with van der Waals surface area (Å²) in [5.41, 5.74) is 12.9. The van der Waals surface area contributed by atoms with Crippen LogP contribution in [0.5, 0.6) is 0 Å². The first-order chi connectivity index (χ1) is 13.0. The molecule has 0 atom stereocenters. The summed E-state index contributed by atoms with van der Waals surface area (Å²) in [7, 11) is 0. The lowest BCUT2D eigenvalue weighted by atomic mass is 10.2. The molecule has 10 heteroatoms. The molecule has 6 N–H and O–H groups in total. The third-order valence-corrected chi connectivity index (χ3v) is 3.30. The Morgan fingerprint density at radius 2 is 1.70 bits per heavy atom. The minimum atomic E-state index is -0.935. The molecule has 2 aromatic heterocycles. The Bertz CT molecular complexity index is 849. The van der Waals surface area contributed by atoms with Gasteiger partial charge in [0.25, 0.3) is 0 Å². The maximum absolute atomic E-state index is 11.7. The van der Waals surface area contributed by atoms with Gasteiger partial charge in [-0.2, -0.15) is 0 Å². The summed E-state index contributed by atoms with van der Waals surface area (Å²) >= 11 is 0. The van der Waals surface area contributed by atoms with E-state index < -0.39 is 5.97 Å². The van der Waals surface area contributed by atoms with Crippen molar-refractivity contribution in [1.29, 1.82) is 0 Å². The number of nitrogens with two attached hydrogens (primary N) is 2. The van der Waals surface area contributed by atoms with Crippen molar-refractivity contribution in [3.8, 4) is 0 Å². The number of aliphatic carboxylic acids is 1. The van der Waals surface area contributed by atoms with Gasteiger partial charge in [-0.1, -0.05) is 6.07 Å². The summed E-state index contributed by atoms with van der Waals surface area (Å²) < 4.78 is 0. The van der Waals surface area contributed by atoms with Crippen molar-refractivity contribution in [2.75, 3.05) is 5.32 Å². The predicted octanol–water partition coefficient (Wildman–Crippen LogP) is 0.696. The Hall–Kier alpha value is -3.82. The Morgan fingerprint density at radius 3 is 2.26 bits per heavy atom. The van der Waals surface area contributed by atoms with Crippen molar-refractivity contribution < 1.29 is 14.7 Å². The van der Waals surface area contributed by atoms with Gasteiger partial charge < -0.3 is 21.9 Å². The Kier molecular flexibility index (Phi) is 6.94. The largest absolute Gasteiger partial charge is 0.481 e. The molecule has 0 aliphatic rings. The normalized spacial score (nSPS) is 11.9. The maximum atomic E-state index is 11.7. The number of hydrogen-bond acceptors (Lipinski definition) is 6. The molecule has 2 aromatic rings. The number of carboxylic acid groups (broad SMARTS) is 1. The molecule has 0 aliphatic carbocycles. The van der Waals surface area contributed by atoms with Crippen LogP contribution in [0.4, 0.5) is 5.69 Å². The quantitative estimate of drug-likeness (QED) is 0.301. The molecule has 0 radical (unpaired) electrons. The molecule has 0 saturated heterocycles. The van der Waals surface area contributed by atoms with Crippen molar-refractivity contribution >= 4 is 29.2 Å². The second kappa shape index (κ2) is 9.61. The number of amidine groups is 2. The molecule has 27 heavy (non-hydrogen) atoms. The van der Waals surface area contributed by atoms with Gasteiger partial charge >= 0.3 is 5.97 Å². The van der Waals surface area contributed by atoms with E-state index in [0.717, 1.165) is 0 Å². The average molecular weight is 369 g/mol. The van der Waals surface area contributed by atoms with E-state index in [4.69, 9.17) is 16.6 Å². The van der Waals surface area contributed by atoms with Gasteiger partial charge in [-0.3, -0.25) is 19.6 Å². The van der Waals surface area contributed by atoms with Crippen molar-refractivity contribution in [3.05, 3.63) is 54.1 Å². The number of nitrogens with zero attached hydrogens (tertiary/aromatic N) is 4. The van der Waals surface area contributed by atoms with Crippen LogP contribution >= 0.6 is 0 Å². The number of carbonyl (C=O) groups is 2. The summed E-state index contributed by atoms with van der Waals surface area (Å²) in [4.78, 5) is 30.3. The smallest absolute Gasteiger partial charge is 0.303 e. The number of aromatic nitrogens is 2. The van der Waals surface area contributed by atoms with Crippen LogP contribution in [0.2, 0.25) is 0 Å². The first-order valence-electron chi connectivity index (χ1n) is 8.02. The van der Waals surface area contributed by atoms with Gasteiger partial charge in [0.1, 0.15) is 11.4 Å². The maximum Gasteiger partial charge on any atom is 0.303 e. The molecule has 0 bridgehead atoms. The molecule has 2 heterocycles. The summed E-state index contributed by atoms with van der Waals surface area (Å²) in [5, 5.41) is 18.8. The van der Waals surface area contributed by atoms with Gasteiger partial charge in [-0.15, -0.1) is 10.2 Å². The van der Waals surface area contributed by atoms with E-state index >= 15 is 0 Å². The fourth-order valence-corrected chi connectivity index (χ4v) is 1.97. The van der Waals surface area contributed by atoms with E-state index in [9.17, 15) is 9.59 Å². The van der Waals surface area contributed by atoms with Crippen molar-refractivity contribution in [3.63, 3.8) is 0 Å². The van der Waals surface area contributed by atoms with Crippen LogP contribution in [-0.2, 0) is 9.59 Å². The predicted molar refractivity (Wildman–Crippen MR) is 100 cm³/mol. The summed E-state index contributed by atoms with van der Waals surface area (Å²) in [5.74, 6) is -1.06. The molecule has 10 nitrogen and oxygen atoms in total. The zero-order chi connectivity index (χ0) is 19.6. The van der Waals surface area contributed by atoms with Gasteiger partial charge in [0.2, 0.25) is 5.91 Å². The Morgan fingerprint density at radius 1 is 1.00 bits per heavy atom. The SMILES string of the molecule is N/C(=N\N=C(/N)c1ccc(NC(=O)CCCC(=O)O)cn1)c1ccccn1. The second-order valence-corrected chi connectivity index (χ2v) is 5.41. The Labute approximate surface area is 155 Å². The molecule has 0 aliphatic heterocycles. The van der Waals surface area contributed by atoms with E-state index in [2.05, 4.69) is 25.5 Å². The lowest BCUT2D eigenvalue weighted by Gasteiger charge is -2.05. The van der Waals surface area contributed by atoms with Crippen LogP contribution in [0.1, 0.15) is 30.7 Å². The van der Waals surface area contributed by atoms with Crippen LogP contribution in [0.3, 0.4) is 0 Å². The van der Waals surface area contributed by atoms with Gasteiger partial charge in [0, 0.05) is 19.0 Å². The minimum Gasteiger partial charge on any atom is -0.481 e. The lowest BCUT2D eigenvalue weighted by molar-refractivity contribution is -0.137. The monoisotopic (exact) mass is 369 g/mol. The molecule has 0 fully saturated rings. The number of amides is 1. The van der Waals surface area contributed by atoms with Crippen LogP contribution in [0, 0.1) is 0 Å². The van der Waals surface area contributed by atoms with Crippen LogP contribution in [0.15, 0.2) is 52.9 Å². The number of pyridine rings is 2. The van der Waals surface area contributed by atoms with Crippen LogP contribution < -0.4 is 16.8 Å². The highest BCUT2D eigenvalue weighted by molar-refractivity contribution is 5.99. The number of hydrogen-bond donors (Lipinski definition) is 4. The summed E-state index contributed by atoms with van der Waals surface area (Å²) in [6.07, 6.45) is 3.32. The molecule has 0 saturated carbocycles. The number of carbonyl (C=O) groups excluding carboxylic acids is 1. The van der Waals surface area contributed by atoms with Gasteiger partial charge in [-0.05, 0) is 30.7 Å². The van der Waals surface area contributed by atoms with Crippen molar-refractivity contribution in [2.24, 2.45) is 21.7 Å². The van der Waals surface area contributed by atoms with Gasteiger partial charge in [0.05, 0.1) is 11.9 Å². The fourth-order valence-electron chi connectivity index (χ4n) is 1.97. The topological polar surface area (TPSA) is 169 Å². The highest BCUT2D eigenvalue weighted by Gasteiger charge is 2.06. The average Bonchev–Trinajstić information content (AvgIpc) is 2.66. The van der Waals surface area contributed by atoms with Crippen LogP contribution in [-0.4, -0.2) is 38.6 Å². The number of nitrogens with one attached hydrogen (secondary N) is 1. The zero-order valence-corrected chi connectivity index (χ0v) is 14.4. The number of carboxylic acids is 1. The minimum absolute atomic E-state index is 0.0493. The van der Waals surface area contributed by atoms with E-state index in [1.807, 2.05) is 0 Å². The van der Waals surface area contributed by atoms with E-state index in [-0.39, 0.29) is 36.8 Å². The second-order valence-electron chi connectivity index (χ2n) is 5.41. The standard InChI is InChI=1S/C17H19N7O3/c18-16(12-4-1-2-9-20-12)23-24-17(19)13-8-7-11(10-21-13)22-14(25)5-3-6-15(26)27/h1-2,4,7-10H,3,5-6H2,(H2,18,23)(H2,19,24)(H,22,25)(H,26,27). The van der Waals surface area contributed by atoms with Crippen molar-refractivity contribution in [1.82, 2.24) is 9.97 Å². The molecule has 140 valence electrons. The van der Waals surface area contributed by atoms with E-state index in [0.29, 0.717) is 17.1 Å². The third kappa shape index (κ3) is 6.53. The van der Waals surface area contributed by atoms with Gasteiger partial charge in [-0.25, -0.2) is 0 Å². The molecular weight excluding hydrogens is 350 g/mol. The highest BCUT2D eigenvalue weighted by Crippen LogP contribution is 2.08. The lowest BCUT2D eigenvalue weighted by Crippen LogP contribution is -2.18. The molecule has 0 aromatic carbocycles. The first kappa shape index (κ1) is 19.5. The molecule has 2 rings (SSSR count). The number of rotatable bonds is 8. The third-order valence-electron chi connectivity index (χ3n) is 3.30. The molecular formula is C17H19N7O3. The Balaban J connectivity index is 1.95. The van der Waals surface area contributed by atoms with E-state index in [1.54, 1.807) is 36.5 Å². The molecule has 0 spiro atoms. The highest BCUT2D eigenvalue weighted by atomic mass is 16.4. The zero-order valence-electron chi connectivity index (χ0n) is 14.4. The van der Waals surface area contributed by atoms with Gasteiger partial charge in [0.15, 0.2) is 11.7 Å². The van der Waals surface area contributed by atoms with Crippen LogP contribution in [0.25, 0.3) is 0 Å². The van der Waals surface area contributed by atoms with E-state index in [1.165, 1.54) is 6.20 Å². The first-order valence-corrected chi connectivity index (χ1v) is 8.02. The number of anilines is 1. The summed E-state index contributed by atoms with van der Waals surface area (Å²) in [6.45, 7) is 0.